The van der Waals surface area contributed by atoms with E-state index < -0.39 is 11.8 Å². The van der Waals surface area contributed by atoms with E-state index in [4.69, 9.17) is 5.41 Å². The highest BCUT2D eigenvalue weighted by Crippen LogP contribution is 2.23. The van der Waals surface area contributed by atoms with E-state index >= 15 is 0 Å². The van der Waals surface area contributed by atoms with E-state index in [0.29, 0.717) is 36.9 Å². The average Bonchev–Trinajstić information content (AvgIpc) is 3.17. The van der Waals surface area contributed by atoms with Crippen molar-refractivity contribution in [1.82, 2.24) is 14.9 Å². The number of rotatable bonds is 6. The molecular formula is C20H21N5O2. The summed E-state index contributed by atoms with van der Waals surface area (Å²) in [5.41, 5.74) is 2.74. The minimum atomic E-state index is -0.491. The fourth-order valence-electron chi connectivity index (χ4n) is 2.85. The van der Waals surface area contributed by atoms with Gasteiger partial charge in [0.2, 0.25) is 0 Å². The van der Waals surface area contributed by atoms with Crippen molar-refractivity contribution in [2.75, 3.05) is 24.5 Å². The Labute approximate surface area is 157 Å². The minimum absolute atomic E-state index is 0.305. The molecule has 2 N–H and O–H groups in total. The second-order valence-electron chi connectivity index (χ2n) is 6.06. The lowest BCUT2D eigenvalue weighted by molar-refractivity contribution is -0.146. The van der Waals surface area contributed by atoms with E-state index in [1.807, 2.05) is 31.2 Å². The van der Waals surface area contributed by atoms with Gasteiger partial charge in [-0.1, -0.05) is 18.7 Å². The van der Waals surface area contributed by atoms with E-state index in [2.05, 4.69) is 16.5 Å². The average molecular weight is 363 g/mol. The van der Waals surface area contributed by atoms with Crippen LogP contribution < -0.4 is 4.90 Å². The molecule has 1 aromatic heterocycles. The van der Waals surface area contributed by atoms with Gasteiger partial charge in [-0.3, -0.25) is 9.59 Å². The number of allylic oxidation sites excluding steroid dienone is 2. The predicted octanol–water partition coefficient (Wildman–Crippen LogP) is 2.49. The SMILES string of the molecule is C=CC(=N)/C=C\c1ncc(-c2ccc(N3CCN(CC)C(=O)C3=O)cc2)[nH]1. The van der Waals surface area contributed by atoms with Crippen LogP contribution in [-0.2, 0) is 9.59 Å². The highest BCUT2D eigenvalue weighted by atomic mass is 16.2. The Bertz CT molecular complexity index is 911. The Morgan fingerprint density at radius 3 is 2.67 bits per heavy atom. The van der Waals surface area contributed by atoms with Gasteiger partial charge in [-0.05, 0) is 42.8 Å². The van der Waals surface area contributed by atoms with Gasteiger partial charge in [0.1, 0.15) is 5.82 Å². The molecule has 2 amide bonds. The van der Waals surface area contributed by atoms with Gasteiger partial charge in [0.25, 0.3) is 0 Å². The number of carbonyl (C=O) groups excluding carboxylic acids is 2. The number of anilines is 1. The van der Waals surface area contributed by atoms with Crippen molar-refractivity contribution in [3.05, 3.63) is 55.0 Å². The van der Waals surface area contributed by atoms with Crippen LogP contribution in [0.2, 0.25) is 0 Å². The molecule has 7 heteroatoms. The summed E-state index contributed by atoms with van der Waals surface area (Å²) in [6, 6.07) is 7.41. The van der Waals surface area contributed by atoms with E-state index in [1.165, 1.54) is 11.0 Å². The van der Waals surface area contributed by atoms with Crippen molar-refractivity contribution < 1.29 is 9.59 Å². The molecule has 1 fully saturated rings. The lowest BCUT2D eigenvalue weighted by Crippen LogP contribution is -2.54. The van der Waals surface area contributed by atoms with Crippen molar-refractivity contribution in [3.8, 4) is 11.3 Å². The highest BCUT2D eigenvalue weighted by molar-refractivity contribution is 6.41. The Balaban J connectivity index is 1.74. The second-order valence-corrected chi connectivity index (χ2v) is 6.06. The molecule has 0 aliphatic carbocycles. The summed E-state index contributed by atoms with van der Waals surface area (Å²) < 4.78 is 0. The third kappa shape index (κ3) is 3.87. The number of hydrogen-bond donors (Lipinski definition) is 2. The molecule has 2 heterocycles. The molecule has 0 saturated carbocycles. The molecule has 0 spiro atoms. The number of carbonyl (C=O) groups is 2. The number of imidazole rings is 1. The summed E-state index contributed by atoms with van der Waals surface area (Å²) in [6.45, 7) is 6.97. The number of benzene rings is 1. The van der Waals surface area contributed by atoms with Crippen LogP contribution in [-0.4, -0.2) is 52.0 Å². The summed E-state index contributed by atoms with van der Waals surface area (Å²) in [5, 5.41) is 7.53. The molecule has 1 aliphatic rings. The fourth-order valence-corrected chi connectivity index (χ4v) is 2.85. The number of aromatic amines is 1. The normalized spacial score (nSPS) is 14.9. The first-order valence-corrected chi connectivity index (χ1v) is 8.68. The van der Waals surface area contributed by atoms with Crippen LogP contribution in [0.3, 0.4) is 0 Å². The van der Waals surface area contributed by atoms with Crippen molar-refractivity contribution in [3.63, 3.8) is 0 Å². The van der Waals surface area contributed by atoms with Gasteiger partial charge >= 0.3 is 11.8 Å². The Morgan fingerprint density at radius 1 is 1.26 bits per heavy atom. The maximum absolute atomic E-state index is 12.3. The predicted molar refractivity (Wildman–Crippen MR) is 106 cm³/mol. The first kappa shape index (κ1) is 18.3. The fraction of sp³-hybridized carbons (Fsp3) is 0.200. The molecule has 27 heavy (non-hydrogen) atoms. The molecule has 7 nitrogen and oxygen atoms in total. The number of H-pyrrole nitrogens is 1. The number of nitrogens with one attached hydrogen (secondary N) is 2. The minimum Gasteiger partial charge on any atom is -0.338 e. The molecule has 0 radical (unpaired) electrons. The summed E-state index contributed by atoms with van der Waals surface area (Å²) in [7, 11) is 0. The third-order valence-electron chi connectivity index (χ3n) is 4.42. The van der Waals surface area contributed by atoms with Crippen LogP contribution in [0.4, 0.5) is 5.69 Å². The van der Waals surface area contributed by atoms with Crippen LogP contribution in [0.1, 0.15) is 12.7 Å². The first-order valence-electron chi connectivity index (χ1n) is 8.68. The van der Waals surface area contributed by atoms with Gasteiger partial charge in [0, 0.05) is 25.3 Å². The van der Waals surface area contributed by atoms with Crippen molar-refractivity contribution in [1.29, 1.82) is 5.41 Å². The number of piperazine rings is 1. The van der Waals surface area contributed by atoms with Gasteiger partial charge in [-0.15, -0.1) is 0 Å². The standard InChI is InChI=1S/C20H21N5O2/c1-3-15(21)7-10-18-22-13-17(23-18)14-5-8-16(9-6-14)25-12-11-24(4-2)19(26)20(25)27/h3,5-10,13,21H,1,4,11-12H2,2H3,(H,22,23)/b10-7-,21-15?. The monoisotopic (exact) mass is 363 g/mol. The molecule has 0 atom stereocenters. The van der Waals surface area contributed by atoms with Gasteiger partial charge < -0.3 is 20.2 Å². The van der Waals surface area contributed by atoms with Crippen LogP contribution >= 0.6 is 0 Å². The summed E-state index contributed by atoms with van der Waals surface area (Å²) >= 11 is 0. The van der Waals surface area contributed by atoms with Crippen LogP contribution in [0.25, 0.3) is 17.3 Å². The second kappa shape index (κ2) is 7.82. The van der Waals surface area contributed by atoms with Gasteiger partial charge in [-0.25, -0.2) is 4.98 Å². The smallest absolute Gasteiger partial charge is 0.316 e. The van der Waals surface area contributed by atoms with Gasteiger partial charge in [0.15, 0.2) is 0 Å². The quantitative estimate of drug-likeness (QED) is 0.610. The van der Waals surface area contributed by atoms with Crippen molar-refractivity contribution >= 4 is 29.3 Å². The van der Waals surface area contributed by atoms with Crippen LogP contribution in [0.5, 0.6) is 0 Å². The number of likely N-dealkylation sites (N-methyl/N-ethyl adjacent to an activating group) is 1. The Hall–Kier alpha value is -3.48. The maximum atomic E-state index is 12.3. The zero-order chi connectivity index (χ0) is 19.4. The first-order chi connectivity index (χ1) is 13.0. The molecule has 3 rings (SSSR count). The lowest BCUT2D eigenvalue weighted by Gasteiger charge is -2.33. The molecule has 1 aliphatic heterocycles. The number of hydrogen-bond acceptors (Lipinski definition) is 4. The number of nitrogens with zero attached hydrogens (tertiary/aromatic N) is 3. The summed E-state index contributed by atoms with van der Waals surface area (Å²) in [6.07, 6.45) is 6.48. The molecule has 0 bridgehead atoms. The Morgan fingerprint density at radius 2 is 2.00 bits per heavy atom. The maximum Gasteiger partial charge on any atom is 0.316 e. The largest absolute Gasteiger partial charge is 0.338 e. The van der Waals surface area contributed by atoms with Crippen molar-refractivity contribution in [2.45, 2.75) is 6.92 Å². The molecule has 1 saturated heterocycles. The summed E-state index contributed by atoms with van der Waals surface area (Å²) in [5.74, 6) is -0.311. The highest BCUT2D eigenvalue weighted by Gasteiger charge is 2.32. The molecule has 138 valence electrons. The van der Waals surface area contributed by atoms with Gasteiger partial charge in [-0.2, -0.15) is 0 Å². The third-order valence-corrected chi connectivity index (χ3v) is 4.42. The molecule has 1 aromatic carbocycles. The zero-order valence-corrected chi connectivity index (χ0v) is 15.1. The lowest BCUT2D eigenvalue weighted by atomic mass is 10.1. The zero-order valence-electron chi connectivity index (χ0n) is 15.1. The van der Waals surface area contributed by atoms with Gasteiger partial charge in [0.05, 0.1) is 17.6 Å². The van der Waals surface area contributed by atoms with Crippen LogP contribution in [0, 0.1) is 5.41 Å². The number of aromatic nitrogens is 2. The topological polar surface area (TPSA) is 93.2 Å². The van der Waals surface area contributed by atoms with E-state index in [1.54, 1.807) is 23.2 Å². The van der Waals surface area contributed by atoms with Crippen LogP contribution in [0.15, 0.2) is 49.2 Å². The molecular weight excluding hydrogens is 342 g/mol. The van der Waals surface area contributed by atoms with E-state index in [0.717, 1.165) is 11.3 Å². The van der Waals surface area contributed by atoms with Crippen molar-refractivity contribution in [2.24, 2.45) is 0 Å². The number of amides is 2. The van der Waals surface area contributed by atoms with E-state index in [-0.39, 0.29) is 0 Å². The van der Waals surface area contributed by atoms with E-state index in [9.17, 15) is 9.59 Å². The molecule has 0 unspecified atom stereocenters. The summed E-state index contributed by atoms with van der Waals surface area (Å²) in [4.78, 5) is 34.8. The Kier molecular flexibility index (Phi) is 5.30. The molecule has 2 aromatic rings.